The number of carbonyl (C=O) groups excluding carboxylic acids is 2. The Morgan fingerprint density at radius 2 is 1.92 bits per heavy atom. The van der Waals surface area contributed by atoms with Gasteiger partial charge in [-0.05, 0) is 17.7 Å². The number of primary amides is 1. The SMILES string of the molecule is NC(=O)n1cc(-c2ccnc(N)n2)cc1C(=O)OCc1ccccc1. The number of ether oxygens (including phenoxy) is 1. The standard InChI is InChI=1S/C17H15N5O3/c18-16-20-7-6-13(21-16)12-8-14(22(9-12)17(19)24)15(23)25-10-11-4-2-1-3-5-11/h1-9H,10H2,(H2,19,24)(H2,18,20,21). The maximum absolute atomic E-state index is 12.3. The van der Waals surface area contributed by atoms with Crippen molar-refractivity contribution in [2.75, 3.05) is 5.73 Å². The van der Waals surface area contributed by atoms with Crippen molar-refractivity contribution in [1.29, 1.82) is 0 Å². The maximum atomic E-state index is 12.3. The van der Waals surface area contributed by atoms with Crippen LogP contribution in [0.3, 0.4) is 0 Å². The Balaban J connectivity index is 1.87. The van der Waals surface area contributed by atoms with E-state index >= 15 is 0 Å². The third-order valence-corrected chi connectivity index (χ3v) is 3.45. The minimum atomic E-state index is -0.806. The van der Waals surface area contributed by atoms with Crippen molar-refractivity contribution in [3.8, 4) is 11.3 Å². The molecule has 0 aliphatic rings. The number of anilines is 1. The first kappa shape index (κ1) is 16.2. The fourth-order valence-electron chi connectivity index (χ4n) is 2.27. The zero-order valence-corrected chi connectivity index (χ0v) is 13.1. The number of nitrogens with two attached hydrogens (primary N) is 2. The summed E-state index contributed by atoms with van der Waals surface area (Å²) in [6.07, 6.45) is 2.88. The summed E-state index contributed by atoms with van der Waals surface area (Å²) in [6.45, 7) is 0.0827. The van der Waals surface area contributed by atoms with Crippen LogP contribution >= 0.6 is 0 Å². The molecule has 4 N–H and O–H groups in total. The lowest BCUT2D eigenvalue weighted by atomic mass is 10.2. The molecule has 0 unspecified atom stereocenters. The Bertz CT molecular complexity index is 921. The van der Waals surface area contributed by atoms with E-state index in [0.717, 1.165) is 10.1 Å². The normalized spacial score (nSPS) is 10.4. The van der Waals surface area contributed by atoms with Crippen LogP contribution in [-0.4, -0.2) is 26.5 Å². The third kappa shape index (κ3) is 3.63. The zero-order valence-electron chi connectivity index (χ0n) is 13.1. The summed E-state index contributed by atoms with van der Waals surface area (Å²) in [4.78, 5) is 31.8. The number of nitrogens with zero attached hydrogens (tertiary/aromatic N) is 3. The lowest BCUT2D eigenvalue weighted by Gasteiger charge is -2.06. The van der Waals surface area contributed by atoms with Crippen LogP contribution in [0.15, 0.2) is 54.9 Å². The Labute approximate surface area is 143 Å². The highest BCUT2D eigenvalue weighted by Gasteiger charge is 2.19. The molecule has 3 aromatic rings. The van der Waals surface area contributed by atoms with E-state index in [2.05, 4.69) is 9.97 Å². The molecule has 0 bridgehead atoms. The average molecular weight is 337 g/mol. The second kappa shape index (κ2) is 6.83. The van der Waals surface area contributed by atoms with Gasteiger partial charge in [0.05, 0.1) is 5.69 Å². The van der Waals surface area contributed by atoms with Gasteiger partial charge in [0.25, 0.3) is 0 Å². The summed E-state index contributed by atoms with van der Waals surface area (Å²) < 4.78 is 6.27. The molecule has 8 nitrogen and oxygen atoms in total. The minimum Gasteiger partial charge on any atom is -0.456 e. The first-order valence-electron chi connectivity index (χ1n) is 7.37. The summed E-state index contributed by atoms with van der Waals surface area (Å²) in [7, 11) is 0. The van der Waals surface area contributed by atoms with Crippen LogP contribution in [0.25, 0.3) is 11.3 Å². The van der Waals surface area contributed by atoms with Crippen molar-refractivity contribution in [3.63, 3.8) is 0 Å². The molecule has 25 heavy (non-hydrogen) atoms. The summed E-state index contributed by atoms with van der Waals surface area (Å²) >= 11 is 0. The van der Waals surface area contributed by atoms with Crippen molar-refractivity contribution in [2.24, 2.45) is 5.73 Å². The molecular weight excluding hydrogens is 322 g/mol. The lowest BCUT2D eigenvalue weighted by molar-refractivity contribution is 0.0462. The van der Waals surface area contributed by atoms with Gasteiger partial charge in [-0.2, -0.15) is 0 Å². The number of carbonyl (C=O) groups is 2. The van der Waals surface area contributed by atoms with E-state index in [1.807, 2.05) is 30.3 Å². The van der Waals surface area contributed by atoms with Gasteiger partial charge in [-0.3, -0.25) is 4.57 Å². The van der Waals surface area contributed by atoms with Crippen LogP contribution < -0.4 is 11.5 Å². The average Bonchev–Trinajstić information content (AvgIpc) is 3.06. The van der Waals surface area contributed by atoms with Crippen LogP contribution in [0, 0.1) is 0 Å². The minimum absolute atomic E-state index is 0.00983. The molecule has 0 fully saturated rings. The Morgan fingerprint density at radius 1 is 1.16 bits per heavy atom. The maximum Gasteiger partial charge on any atom is 0.355 e. The van der Waals surface area contributed by atoms with Gasteiger partial charge in [-0.25, -0.2) is 19.6 Å². The highest BCUT2D eigenvalue weighted by Crippen LogP contribution is 2.21. The van der Waals surface area contributed by atoms with Crippen molar-refractivity contribution in [2.45, 2.75) is 6.61 Å². The number of benzene rings is 1. The van der Waals surface area contributed by atoms with Crippen LogP contribution in [0.1, 0.15) is 16.1 Å². The van der Waals surface area contributed by atoms with E-state index in [1.165, 1.54) is 18.5 Å². The number of amides is 1. The van der Waals surface area contributed by atoms with Crippen LogP contribution in [0.2, 0.25) is 0 Å². The van der Waals surface area contributed by atoms with Crippen molar-refractivity contribution in [1.82, 2.24) is 14.5 Å². The van der Waals surface area contributed by atoms with Crippen LogP contribution in [0.5, 0.6) is 0 Å². The van der Waals surface area contributed by atoms with Gasteiger partial charge >= 0.3 is 12.0 Å². The molecule has 0 radical (unpaired) electrons. The quantitative estimate of drug-likeness (QED) is 0.699. The molecule has 8 heteroatoms. The fourth-order valence-corrected chi connectivity index (χ4v) is 2.27. The lowest BCUT2D eigenvalue weighted by Crippen LogP contribution is -2.23. The number of hydrogen-bond acceptors (Lipinski definition) is 6. The van der Waals surface area contributed by atoms with E-state index in [4.69, 9.17) is 16.2 Å². The molecule has 1 amide bonds. The topological polar surface area (TPSA) is 126 Å². The van der Waals surface area contributed by atoms with Gasteiger partial charge in [0, 0.05) is 18.0 Å². The molecule has 126 valence electrons. The summed E-state index contributed by atoms with van der Waals surface area (Å²) in [5.74, 6) is -0.589. The summed E-state index contributed by atoms with van der Waals surface area (Å²) in [5.41, 5.74) is 12.7. The number of hydrogen-bond donors (Lipinski definition) is 2. The molecule has 2 heterocycles. The highest BCUT2D eigenvalue weighted by molar-refractivity contribution is 5.94. The predicted octanol–water partition coefficient (Wildman–Crippen LogP) is 1.81. The summed E-state index contributed by atoms with van der Waals surface area (Å²) in [5, 5.41) is 0. The van der Waals surface area contributed by atoms with Gasteiger partial charge in [-0.15, -0.1) is 0 Å². The van der Waals surface area contributed by atoms with Gasteiger partial charge < -0.3 is 16.2 Å². The zero-order chi connectivity index (χ0) is 17.8. The summed E-state index contributed by atoms with van der Waals surface area (Å²) in [6, 6.07) is 11.5. The van der Waals surface area contributed by atoms with Crippen molar-refractivity contribution in [3.05, 3.63) is 66.1 Å². The first-order valence-corrected chi connectivity index (χ1v) is 7.37. The number of esters is 1. The van der Waals surface area contributed by atoms with E-state index in [9.17, 15) is 9.59 Å². The smallest absolute Gasteiger partial charge is 0.355 e. The molecule has 0 aliphatic heterocycles. The molecule has 2 aromatic heterocycles. The third-order valence-electron chi connectivity index (χ3n) is 3.45. The van der Waals surface area contributed by atoms with E-state index in [-0.39, 0.29) is 18.2 Å². The van der Waals surface area contributed by atoms with Crippen molar-refractivity contribution < 1.29 is 14.3 Å². The Hall–Kier alpha value is -3.68. The second-order valence-corrected chi connectivity index (χ2v) is 5.18. The molecule has 1 aromatic carbocycles. The molecule has 0 atom stereocenters. The van der Waals surface area contributed by atoms with Crippen molar-refractivity contribution >= 4 is 17.9 Å². The Kier molecular flexibility index (Phi) is 4.42. The van der Waals surface area contributed by atoms with E-state index < -0.39 is 12.0 Å². The number of aromatic nitrogens is 3. The number of nitrogen functional groups attached to an aromatic ring is 1. The van der Waals surface area contributed by atoms with E-state index in [0.29, 0.717) is 11.3 Å². The molecule has 0 aliphatic carbocycles. The molecule has 0 saturated carbocycles. The van der Waals surface area contributed by atoms with Gasteiger partial charge in [-0.1, -0.05) is 30.3 Å². The fraction of sp³-hybridized carbons (Fsp3) is 0.0588. The molecule has 0 spiro atoms. The largest absolute Gasteiger partial charge is 0.456 e. The van der Waals surface area contributed by atoms with E-state index in [1.54, 1.807) is 6.07 Å². The van der Waals surface area contributed by atoms with Crippen LogP contribution in [-0.2, 0) is 11.3 Å². The molecule has 3 rings (SSSR count). The van der Waals surface area contributed by atoms with Gasteiger partial charge in [0.1, 0.15) is 12.3 Å². The first-order chi connectivity index (χ1) is 12.0. The Morgan fingerprint density at radius 3 is 2.60 bits per heavy atom. The van der Waals surface area contributed by atoms with Gasteiger partial charge in [0.15, 0.2) is 0 Å². The molecular formula is C17H15N5O3. The monoisotopic (exact) mass is 337 g/mol. The second-order valence-electron chi connectivity index (χ2n) is 5.18. The number of rotatable bonds is 4. The van der Waals surface area contributed by atoms with Gasteiger partial charge in [0.2, 0.25) is 5.95 Å². The van der Waals surface area contributed by atoms with Crippen LogP contribution in [0.4, 0.5) is 10.7 Å². The molecule has 0 saturated heterocycles. The predicted molar refractivity (Wildman–Crippen MR) is 90.4 cm³/mol. The highest BCUT2D eigenvalue weighted by atomic mass is 16.5.